The summed E-state index contributed by atoms with van der Waals surface area (Å²) in [4.78, 5) is 0.582. The molecular weight excluding hydrogens is 367 g/mol. The maximum Gasteiger partial charge on any atom is 0.119 e. The third kappa shape index (κ3) is 2.33. The summed E-state index contributed by atoms with van der Waals surface area (Å²) in [5, 5.41) is 0. The number of hydrogen-bond donors (Lipinski definition) is 0. The Kier molecular flexibility index (Phi) is 3.31. The van der Waals surface area contributed by atoms with E-state index in [0.717, 1.165) is 12.2 Å². The summed E-state index contributed by atoms with van der Waals surface area (Å²) < 4.78 is 7.20. The zero-order valence-electron chi connectivity index (χ0n) is 8.84. The fraction of sp³-hybridized carbons (Fsp3) is 0.500. The molecule has 2 rings (SSSR count). The van der Waals surface area contributed by atoms with Crippen LogP contribution in [-0.4, -0.2) is 10.9 Å². The lowest BCUT2D eigenvalue weighted by Gasteiger charge is -2.48. The van der Waals surface area contributed by atoms with Crippen LogP contribution in [-0.2, 0) is 0 Å². The number of alkyl halides is 1. The molecule has 2 unspecified atom stereocenters. The van der Waals surface area contributed by atoms with Gasteiger partial charge in [0.05, 0.1) is 0 Å². The first-order chi connectivity index (χ1) is 7.00. The molecule has 15 heavy (non-hydrogen) atoms. The third-order valence-corrected chi connectivity index (χ3v) is 5.42. The molecule has 3 heteroatoms. The number of ether oxygens (including phenoxy) is 1. The van der Waals surface area contributed by atoms with Gasteiger partial charge < -0.3 is 4.74 Å². The fourth-order valence-electron chi connectivity index (χ4n) is 1.71. The number of rotatable bonds is 2. The average molecular weight is 381 g/mol. The zero-order chi connectivity index (χ0) is 11.1. The molecule has 0 aliphatic heterocycles. The van der Waals surface area contributed by atoms with Gasteiger partial charge in [-0.25, -0.2) is 0 Å². The second kappa shape index (κ2) is 4.24. The lowest BCUT2D eigenvalue weighted by Crippen LogP contribution is -2.53. The molecular formula is C12H14BrIO. The van der Waals surface area contributed by atoms with Crippen molar-refractivity contribution in [2.45, 2.75) is 31.2 Å². The highest BCUT2D eigenvalue weighted by Crippen LogP contribution is 2.47. The predicted molar refractivity (Wildman–Crippen MR) is 74.7 cm³/mol. The van der Waals surface area contributed by atoms with Crippen molar-refractivity contribution in [1.29, 1.82) is 0 Å². The van der Waals surface area contributed by atoms with Crippen LogP contribution in [0.3, 0.4) is 0 Å². The van der Waals surface area contributed by atoms with Gasteiger partial charge in [-0.15, -0.1) is 0 Å². The van der Waals surface area contributed by atoms with Crippen molar-refractivity contribution in [3.05, 3.63) is 27.8 Å². The first-order valence-electron chi connectivity index (χ1n) is 5.06. The molecule has 1 saturated carbocycles. The van der Waals surface area contributed by atoms with Gasteiger partial charge in [-0.05, 0) is 53.3 Å². The van der Waals surface area contributed by atoms with Crippen LogP contribution in [0.1, 0.15) is 20.3 Å². The van der Waals surface area contributed by atoms with E-state index in [1.54, 1.807) is 0 Å². The normalized spacial score (nSPS) is 28.3. The van der Waals surface area contributed by atoms with Crippen LogP contribution in [0, 0.1) is 8.99 Å². The summed E-state index contributed by atoms with van der Waals surface area (Å²) in [5.74, 6) is 0.980. The smallest absolute Gasteiger partial charge is 0.119 e. The topological polar surface area (TPSA) is 9.23 Å². The van der Waals surface area contributed by atoms with Crippen LogP contribution in [0.2, 0.25) is 0 Å². The Bertz CT molecular complexity index is 347. The largest absolute Gasteiger partial charge is 0.490 e. The van der Waals surface area contributed by atoms with E-state index in [1.807, 2.05) is 12.1 Å². The molecule has 2 atom stereocenters. The maximum atomic E-state index is 5.96. The van der Waals surface area contributed by atoms with Crippen LogP contribution in [0.4, 0.5) is 0 Å². The molecule has 0 bridgehead atoms. The molecule has 0 amide bonds. The monoisotopic (exact) mass is 380 g/mol. The van der Waals surface area contributed by atoms with Crippen LogP contribution in [0.15, 0.2) is 24.3 Å². The van der Waals surface area contributed by atoms with Crippen molar-refractivity contribution in [2.24, 2.45) is 5.41 Å². The summed E-state index contributed by atoms with van der Waals surface area (Å²) >= 11 is 5.97. The summed E-state index contributed by atoms with van der Waals surface area (Å²) in [6.07, 6.45) is 1.43. The quantitative estimate of drug-likeness (QED) is 0.551. The van der Waals surface area contributed by atoms with Gasteiger partial charge in [-0.2, -0.15) is 0 Å². The molecule has 1 nitrogen and oxygen atoms in total. The Morgan fingerprint density at radius 1 is 1.33 bits per heavy atom. The number of halogens is 2. The Morgan fingerprint density at radius 3 is 2.40 bits per heavy atom. The van der Waals surface area contributed by atoms with Gasteiger partial charge in [0, 0.05) is 13.8 Å². The predicted octanol–water partition coefficient (Wildman–Crippen LogP) is 4.23. The molecule has 0 spiro atoms. The van der Waals surface area contributed by atoms with Gasteiger partial charge in [0.15, 0.2) is 0 Å². The SMILES string of the molecule is CC1(C)C(Br)CC1Oc1ccc(I)cc1. The summed E-state index contributed by atoms with van der Waals surface area (Å²) in [5.41, 5.74) is 0.239. The number of benzene rings is 1. The Balaban J connectivity index is 2.02. The number of hydrogen-bond acceptors (Lipinski definition) is 1. The van der Waals surface area contributed by atoms with Gasteiger partial charge in [0.25, 0.3) is 0 Å². The minimum Gasteiger partial charge on any atom is -0.490 e. The van der Waals surface area contributed by atoms with Gasteiger partial charge in [0.1, 0.15) is 11.9 Å². The molecule has 1 fully saturated rings. The minimum atomic E-state index is 0.239. The molecule has 1 aromatic rings. The second-order valence-electron chi connectivity index (χ2n) is 4.59. The highest BCUT2D eigenvalue weighted by Gasteiger charge is 2.48. The van der Waals surface area contributed by atoms with Crippen molar-refractivity contribution in [3.8, 4) is 5.75 Å². The Labute approximate surface area is 113 Å². The van der Waals surface area contributed by atoms with Gasteiger partial charge in [0.2, 0.25) is 0 Å². The van der Waals surface area contributed by atoms with E-state index in [2.05, 4.69) is 64.5 Å². The molecule has 82 valence electrons. The standard InChI is InChI=1S/C12H14BrIO/c1-12(2)10(13)7-11(12)15-9-5-3-8(14)4-6-9/h3-6,10-11H,7H2,1-2H3. The van der Waals surface area contributed by atoms with Gasteiger partial charge in [-0.1, -0.05) is 29.8 Å². The lowest BCUT2D eigenvalue weighted by atomic mass is 9.69. The van der Waals surface area contributed by atoms with E-state index in [4.69, 9.17) is 4.74 Å². The highest BCUT2D eigenvalue weighted by atomic mass is 127. The fourth-order valence-corrected chi connectivity index (χ4v) is 2.71. The van der Waals surface area contributed by atoms with Crippen molar-refractivity contribution in [2.75, 3.05) is 0 Å². The summed E-state index contributed by atoms with van der Waals surface area (Å²) in [7, 11) is 0. The van der Waals surface area contributed by atoms with E-state index in [9.17, 15) is 0 Å². The first kappa shape index (κ1) is 11.7. The lowest BCUT2D eigenvalue weighted by molar-refractivity contribution is -0.00780. The van der Waals surface area contributed by atoms with Crippen molar-refractivity contribution in [1.82, 2.24) is 0 Å². The Hall–Kier alpha value is 0.230. The Morgan fingerprint density at radius 2 is 1.93 bits per heavy atom. The van der Waals surface area contributed by atoms with Crippen molar-refractivity contribution < 1.29 is 4.74 Å². The molecule has 0 saturated heterocycles. The molecule has 1 aliphatic rings. The third-order valence-electron chi connectivity index (χ3n) is 3.15. The highest BCUT2D eigenvalue weighted by molar-refractivity contribution is 14.1. The second-order valence-corrected chi connectivity index (χ2v) is 6.94. The van der Waals surface area contributed by atoms with E-state index >= 15 is 0 Å². The molecule has 1 aromatic carbocycles. The van der Waals surface area contributed by atoms with Crippen LogP contribution in [0.5, 0.6) is 5.75 Å². The molecule has 1 aliphatic carbocycles. The van der Waals surface area contributed by atoms with Crippen molar-refractivity contribution >= 4 is 38.5 Å². The average Bonchev–Trinajstić information content (AvgIpc) is 2.21. The molecule has 0 N–H and O–H groups in total. The molecule has 0 radical (unpaired) electrons. The minimum absolute atomic E-state index is 0.239. The van der Waals surface area contributed by atoms with E-state index in [-0.39, 0.29) is 5.41 Å². The summed E-state index contributed by atoms with van der Waals surface area (Å²) in [6.45, 7) is 4.49. The molecule has 0 aromatic heterocycles. The molecule has 0 heterocycles. The van der Waals surface area contributed by atoms with Crippen LogP contribution >= 0.6 is 38.5 Å². The van der Waals surface area contributed by atoms with E-state index < -0.39 is 0 Å². The van der Waals surface area contributed by atoms with Crippen molar-refractivity contribution in [3.63, 3.8) is 0 Å². The van der Waals surface area contributed by atoms with Crippen LogP contribution < -0.4 is 4.74 Å². The van der Waals surface area contributed by atoms with E-state index in [0.29, 0.717) is 10.9 Å². The maximum absolute atomic E-state index is 5.96. The van der Waals surface area contributed by atoms with E-state index in [1.165, 1.54) is 3.57 Å². The summed E-state index contributed by atoms with van der Waals surface area (Å²) in [6, 6.07) is 8.24. The van der Waals surface area contributed by atoms with Gasteiger partial charge >= 0.3 is 0 Å². The van der Waals surface area contributed by atoms with Crippen LogP contribution in [0.25, 0.3) is 0 Å². The van der Waals surface area contributed by atoms with Gasteiger partial charge in [-0.3, -0.25) is 0 Å². The first-order valence-corrected chi connectivity index (χ1v) is 7.06. The zero-order valence-corrected chi connectivity index (χ0v) is 12.6.